The van der Waals surface area contributed by atoms with E-state index in [4.69, 9.17) is 10.5 Å². The Kier molecular flexibility index (Phi) is 7.82. The van der Waals surface area contributed by atoms with Crippen LogP contribution >= 0.6 is 0 Å². The molecule has 4 N–H and O–H groups in total. The zero-order valence-corrected chi connectivity index (χ0v) is 25.1. The van der Waals surface area contributed by atoms with Crippen LogP contribution in [-0.4, -0.2) is 45.8 Å². The number of fused-ring (bicyclic) bond motifs is 5. The summed E-state index contributed by atoms with van der Waals surface area (Å²) >= 11 is 0. The van der Waals surface area contributed by atoms with Gasteiger partial charge in [-0.05, 0) is 103 Å². The lowest BCUT2D eigenvalue weighted by molar-refractivity contribution is -0.241. The van der Waals surface area contributed by atoms with E-state index in [1.807, 2.05) is 0 Å². The van der Waals surface area contributed by atoms with E-state index < -0.39 is 23.9 Å². The molecule has 0 bridgehead atoms. The molecule has 6 heteroatoms. The predicted octanol–water partition coefficient (Wildman–Crippen LogP) is 5.33. The van der Waals surface area contributed by atoms with E-state index in [0.29, 0.717) is 31.6 Å². The van der Waals surface area contributed by atoms with Gasteiger partial charge in [-0.3, -0.25) is 9.59 Å². The van der Waals surface area contributed by atoms with Crippen molar-refractivity contribution < 1.29 is 24.5 Å². The quantitative estimate of drug-likeness (QED) is 0.316. The molecule has 0 aliphatic heterocycles. The maximum atomic E-state index is 13.1. The van der Waals surface area contributed by atoms with Gasteiger partial charge in [0.1, 0.15) is 6.10 Å². The first-order valence-corrected chi connectivity index (χ1v) is 15.1. The highest BCUT2D eigenvalue weighted by Crippen LogP contribution is 2.74. The fraction of sp³-hybridized carbons (Fsp3) is 0.875. The SMILES string of the molecule is CC(=O)O[C@H]1C[C@@]2(C)[C@@H](C[C@@H](O)[C@@H]3[C@]2(C)CC[C@@]2(N)[C@H](C)[C@H](O)CC[C@]32C)/C1=C(\CCCC(C)C)C(C)=O. The number of aliphatic hydroxyl groups is 2. The molecular weight excluding hydrogens is 478 g/mol. The molecule has 0 spiro atoms. The van der Waals surface area contributed by atoms with Crippen LogP contribution in [-0.2, 0) is 14.3 Å². The molecule has 0 aromatic rings. The lowest BCUT2D eigenvalue weighted by Crippen LogP contribution is -2.75. The number of nitrogens with two attached hydrogens (primary N) is 1. The zero-order chi connectivity index (χ0) is 28.4. The van der Waals surface area contributed by atoms with Crippen LogP contribution in [0.1, 0.15) is 113 Å². The number of ketones is 1. The molecule has 4 aliphatic carbocycles. The molecule has 0 unspecified atom stereocenters. The largest absolute Gasteiger partial charge is 0.458 e. The van der Waals surface area contributed by atoms with Gasteiger partial charge >= 0.3 is 5.97 Å². The van der Waals surface area contributed by atoms with Crippen molar-refractivity contribution in [1.82, 2.24) is 0 Å². The molecule has 10 atom stereocenters. The van der Waals surface area contributed by atoms with E-state index in [-0.39, 0.29) is 45.8 Å². The molecule has 4 aliphatic rings. The third-order valence-corrected chi connectivity index (χ3v) is 12.4. The van der Waals surface area contributed by atoms with E-state index in [0.717, 1.165) is 43.3 Å². The van der Waals surface area contributed by atoms with E-state index >= 15 is 0 Å². The third kappa shape index (κ3) is 4.23. The van der Waals surface area contributed by atoms with Gasteiger partial charge in [0.25, 0.3) is 0 Å². The normalized spacial score (nSPS) is 47.7. The van der Waals surface area contributed by atoms with Crippen LogP contribution in [0.3, 0.4) is 0 Å². The van der Waals surface area contributed by atoms with E-state index in [1.54, 1.807) is 6.92 Å². The van der Waals surface area contributed by atoms with Crippen LogP contribution in [0.4, 0.5) is 0 Å². The second-order valence-electron chi connectivity index (χ2n) is 14.6. The van der Waals surface area contributed by atoms with Crippen molar-refractivity contribution in [2.45, 2.75) is 137 Å². The number of hydrogen-bond acceptors (Lipinski definition) is 6. The van der Waals surface area contributed by atoms with Gasteiger partial charge in [0.05, 0.1) is 12.2 Å². The summed E-state index contributed by atoms with van der Waals surface area (Å²) in [5.41, 5.74) is 7.63. The highest BCUT2D eigenvalue weighted by molar-refractivity contribution is 5.94. The monoisotopic (exact) mass is 531 g/mol. The van der Waals surface area contributed by atoms with Crippen molar-refractivity contribution in [3.63, 3.8) is 0 Å². The minimum atomic E-state index is -0.580. The third-order valence-electron chi connectivity index (χ3n) is 12.4. The molecule has 38 heavy (non-hydrogen) atoms. The number of carbonyl (C=O) groups is 2. The second kappa shape index (κ2) is 9.99. The molecular formula is C32H53NO5. The summed E-state index contributed by atoms with van der Waals surface area (Å²) in [4.78, 5) is 25.4. The molecule has 6 nitrogen and oxygen atoms in total. The Bertz CT molecular complexity index is 990. The maximum Gasteiger partial charge on any atom is 0.303 e. The van der Waals surface area contributed by atoms with Gasteiger partial charge in [0.2, 0.25) is 0 Å². The summed E-state index contributed by atoms with van der Waals surface area (Å²) in [5.74, 6) is 0.179. The molecule has 4 fully saturated rings. The highest BCUT2D eigenvalue weighted by Gasteiger charge is 2.73. The Morgan fingerprint density at radius 3 is 2.26 bits per heavy atom. The number of esters is 1. The molecule has 216 valence electrons. The predicted molar refractivity (Wildman–Crippen MR) is 149 cm³/mol. The first-order chi connectivity index (χ1) is 17.5. The van der Waals surface area contributed by atoms with Crippen LogP contribution in [0.5, 0.6) is 0 Å². The van der Waals surface area contributed by atoms with E-state index in [2.05, 4.69) is 41.5 Å². The fourth-order valence-electron chi connectivity index (χ4n) is 10.1. The van der Waals surface area contributed by atoms with Gasteiger partial charge in [-0.15, -0.1) is 0 Å². The number of Topliss-reactive ketones (excluding diaryl/α,β-unsaturated/α-hetero) is 1. The summed E-state index contributed by atoms with van der Waals surface area (Å²) in [6.07, 6.45) is 5.53. The first kappa shape index (κ1) is 29.7. The molecule has 0 saturated heterocycles. The number of hydrogen-bond donors (Lipinski definition) is 3. The second-order valence-corrected chi connectivity index (χ2v) is 14.6. The van der Waals surface area contributed by atoms with Crippen LogP contribution < -0.4 is 5.73 Å². The van der Waals surface area contributed by atoms with Crippen LogP contribution in [0, 0.1) is 39.9 Å². The molecule has 0 radical (unpaired) electrons. The average molecular weight is 532 g/mol. The standard InChI is InChI=1S/C32H53NO5/c1-18(2)10-9-11-22(20(4)34)27-23-16-25(37)28-29(6,31(23,8)17-26(27)38-21(5)35)14-15-32(33)19(3)24(36)12-13-30(28,32)7/h18-19,23-26,28,36-37H,9-17,33H2,1-8H3/b27-22-/t19-,23+,24-,25-,26+,28-,29+,30-,31+,32-/m1/s1. The Balaban J connectivity index is 1.83. The van der Waals surface area contributed by atoms with Crippen molar-refractivity contribution in [2.24, 2.45) is 45.7 Å². The first-order valence-electron chi connectivity index (χ1n) is 15.1. The minimum Gasteiger partial charge on any atom is -0.458 e. The summed E-state index contributed by atoms with van der Waals surface area (Å²) in [6.45, 7) is 16.5. The Morgan fingerprint density at radius 1 is 1.03 bits per heavy atom. The van der Waals surface area contributed by atoms with Crippen LogP contribution in [0.25, 0.3) is 0 Å². The maximum absolute atomic E-state index is 13.1. The summed E-state index contributed by atoms with van der Waals surface area (Å²) in [5, 5.41) is 22.8. The fourth-order valence-corrected chi connectivity index (χ4v) is 10.1. The Hall–Kier alpha value is -1.24. The van der Waals surface area contributed by atoms with Gasteiger partial charge < -0.3 is 20.7 Å². The molecule has 4 saturated carbocycles. The molecule has 0 heterocycles. The van der Waals surface area contributed by atoms with Gasteiger partial charge in [-0.1, -0.05) is 48.0 Å². The number of aliphatic hydroxyl groups excluding tert-OH is 2. The van der Waals surface area contributed by atoms with Gasteiger partial charge in [0, 0.05) is 18.4 Å². The minimum absolute atomic E-state index is 0.0264. The average Bonchev–Trinajstić information content (AvgIpc) is 3.08. The molecule has 0 aromatic carbocycles. The van der Waals surface area contributed by atoms with Crippen molar-refractivity contribution in [1.29, 1.82) is 0 Å². The van der Waals surface area contributed by atoms with E-state index in [1.165, 1.54) is 6.92 Å². The molecule has 0 amide bonds. The molecule has 4 rings (SSSR count). The number of ether oxygens (including phenoxy) is 1. The smallest absolute Gasteiger partial charge is 0.303 e. The topological polar surface area (TPSA) is 110 Å². The van der Waals surface area contributed by atoms with Gasteiger partial charge in [0.15, 0.2) is 5.78 Å². The van der Waals surface area contributed by atoms with E-state index in [9.17, 15) is 19.8 Å². The lowest BCUT2D eigenvalue weighted by atomic mass is 9.34. The van der Waals surface area contributed by atoms with Crippen LogP contribution in [0.2, 0.25) is 0 Å². The summed E-state index contributed by atoms with van der Waals surface area (Å²) in [6, 6.07) is 0. The molecule has 0 aromatic heterocycles. The number of allylic oxidation sites excluding steroid dienone is 1. The number of rotatable bonds is 6. The van der Waals surface area contributed by atoms with Crippen molar-refractivity contribution in [3.05, 3.63) is 11.1 Å². The summed E-state index contributed by atoms with van der Waals surface area (Å²) in [7, 11) is 0. The summed E-state index contributed by atoms with van der Waals surface area (Å²) < 4.78 is 5.99. The number of carbonyl (C=O) groups excluding carboxylic acids is 2. The van der Waals surface area contributed by atoms with Gasteiger partial charge in [-0.25, -0.2) is 0 Å². The van der Waals surface area contributed by atoms with Crippen molar-refractivity contribution in [2.75, 3.05) is 0 Å². The lowest BCUT2D eigenvalue weighted by Gasteiger charge is -2.71. The Morgan fingerprint density at radius 2 is 1.68 bits per heavy atom. The van der Waals surface area contributed by atoms with Crippen molar-refractivity contribution in [3.8, 4) is 0 Å². The zero-order valence-electron chi connectivity index (χ0n) is 25.1. The van der Waals surface area contributed by atoms with Crippen LogP contribution in [0.15, 0.2) is 11.1 Å². The Labute approximate surface area is 230 Å². The highest BCUT2D eigenvalue weighted by atomic mass is 16.5. The van der Waals surface area contributed by atoms with Gasteiger partial charge in [-0.2, -0.15) is 0 Å². The van der Waals surface area contributed by atoms with Crippen molar-refractivity contribution >= 4 is 11.8 Å².